The third-order valence-electron chi connectivity index (χ3n) is 3.46. The summed E-state index contributed by atoms with van der Waals surface area (Å²) < 4.78 is 5.27. The van der Waals surface area contributed by atoms with Crippen molar-refractivity contribution in [1.82, 2.24) is 15.2 Å². The minimum absolute atomic E-state index is 0.0718. The third kappa shape index (κ3) is 7.30. The fourth-order valence-electron chi connectivity index (χ4n) is 2.21. The summed E-state index contributed by atoms with van der Waals surface area (Å²) in [5, 5.41) is 3.10. The van der Waals surface area contributed by atoms with Crippen LogP contribution in [-0.2, 0) is 16.1 Å². The van der Waals surface area contributed by atoms with Gasteiger partial charge in [-0.1, -0.05) is 31.5 Å². The maximum Gasteiger partial charge on any atom is 0.408 e. The number of amides is 2. The molecule has 1 unspecified atom stereocenters. The number of likely N-dealkylation sites (N-methyl/N-ethyl adjacent to an activating group) is 1. The molecule has 0 bridgehead atoms. The standard InChI is InChI=1S/C18H28ClN3O3/c1-7-22(11-13-8-9-14(19)20-10-13)16(23)15(12(2)3)21-17(24)25-18(4,5)6/h8-10,12,15H,7,11H2,1-6H3,(H,21,24). The van der Waals surface area contributed by atoms with Crippen molar-refractivity contribution in [1.29, 1.82) is 0 Å². The van der Waals surface area contributed by atoms with Crippen LogP contribution in [0.5, 0.6) is 0 Å². The molecule has 0 fully saturated rings. The van der Waals surface area contributed by atoms with E-state index in [9.17, 15) is 9.59 Å². The number of pyridine rings is 1. The van der Waals surface area contributed by atoms with Crippen LogP contribution in [-0.4, -0.2) is 40.1 Å². The van der Waals surface area contributed by atoms with E-state index in [2.05, 4.69) is 10.3 Å². The van der Waals surface area contributed by atoms with Gasteiger partial charge in [0.05, 0.1) is 0 Å². The predicted octanol–water partition coefficient (Wildman–Crippen LogP) is 3.63. The van der Waals surface area contributed by atoms with Crippen LogP contribution in [0.2, 0.25) is 5.15 Å². The molecule has 140 valence electrons. The highest BCUT2D eigenvalue weighted by Gasteiger charge is 2.30. The number of halogens is 1. The summed E-state index contributed by atoms with van der Waals surface area (Å²) >= 11 is 5.79. The van der Waals surface area contributed by atoms with E-state index in [1.54, 1.807) is 37.9 Å². The molecular weight excluding hydrogens is 342 g/mol. The molecule has 1 aromatic rings. The summed E-state index contributed by atoms with van der Waals surface area (Å²) in [5.41, 5.74) is 0.257. The average molecular weight is 370 g/mol. The van der Waals surface area contributed by atoms with Crippen molar-refractivity contribution in [2.24, 2.45) is 5.92 Å². The van der Waals surface area contributed by atoms with Crippen LogP contribution >= 0.6 is 11.6 Å². The lowest BCUT2D eigenvalue weighted by atomic mass is 10.0. The van der Waals surface area contributed by atoms with Gasteiger partial charge in [0, 0.05) is 19.3 Å². The molecule has 0 saturated carbocycles. The minimum atomic E-state index is -0.657. The van der Waals surface area contributed by atoms with Crippen LogP contribution in [0.25, 0.3) is 0 Å². The number of rotatable bonds is 6. The number of hydrogen-bond donors (Lipinski definition) is 1. The zero-order valence-electron chi connectivity index (χ0n) is 15.8. The maximum absolute atomic E-state index is 12.9. The molecule has 0 aliphatic rings. The first kappa shape index (κ1) is 21.2. The number of nitrogens with one attached hydrogen (secondary N) is 1. The van der Waals surface area contributed by atoms with Crippen LogP contribution in [0.4, 0.5) is 4.79 Å². The van der Waals surface area contributed by atoms with E-state index in [1.165, 1.54) is 0 Å². The highest BCUT2D eigenvalue weighted by atomic mass is 35.5. The second-order valence-electron chi connectivity index (χ2n) is 7.21. The topological polar surface area (TPSA) is 71.5 Å². The van der Waals surface area contributed by atoms with Gasteiger partial charge >= 0.3 is 6.09 Å². The largest absolute Gasteiger partial charge is 0.444 e. The Labute approximate surface area is 154 Å². The second kappa shape index (κ2) is 9.04. The van der Waals surface area contributed by atoms with Gasteiger partial charge in [0.25, 0.3) is 0 Å². The number of alkyl carbamates (subject to hydrolysis) is 1. The number of carbonyl (C=O) groups is 2. The van der Waals surface area contributed by atoms with Crippen molar-refractivity contribution in [3.8, 4) is 0 Å². The molecular formula is C18H28ClN3O3. The maximum atomic E-state index is 12.9. The molecule has 25 heavy (non-hydrogen) atoms. The van der Waals surface area contributed by atoms with Gasteiger partial charge in [-0.15, -0.1) is 0 Å². The predicted molar refractivity (Wildman–Crippen MR) is 98.3 cm³/mol. The van der Waals surface area contributed by atoms with E-state index in [0.717, 1.165) is 5.56 Å². The molecule has 0 saturated heterocycles. The smallest absolute Gasteiger partial charge is 0.408 e. The summed E-state index contributed by atoms with van der Waals surface area (Å²) in [7, 11) is 0. The van der Waals surface area contributed by atoms with E-state index < -0.39 is 17.7 Å². The fraction of sp³-hybridized carbons (Fsp3) is 0.611. The van der Waals surface area contributed by atoms with Crippen molar-refractivity contribution in [3.05, 3.63) is 29.0 Å². The van der Waals surface area contributed by atoms with Gasteiger partial charge in [0.15, 0.2) is 0 Å². The molecule has 1 N–H and O–H groups in total. The van der Waals surface area contributed by atoms with Crippen molar-refractivity contribution in [2.45, 2.75) is 59.7 Å². The Morgan fingerprint density at radius 2 is 1.96 bits per heavy atom. The van der Waals surface area contributed by atoms with E-state index in [1.807, 2.05) is 26.8 Å². The molecule has 6 nitrogen and oxygen atoms in total. The van der Waals surface area contributed by atoms with Crippen LogP contribution in [0.3, 0.4) is 0 Å². The molecule has 0 spiro atoms. The summed E-state index contributed by atoms with van der Waals surface area (Å²) in [6.07, 6.45) is 1.05. The number of aromatic nitrogens is 1. The van der Waals surface area contributed by atoms with Crippen molar-refractivity contribution in [2.75, 3.05) is 6.54 Å². The first-order chi connectivity index (χ1) is 11.5. The number of nitrogens with zero attached hydrogens (tertiary/aromatic N) is 2. The van der Waals surface area contributed by atoms with Crippen molar-refractivity contribution >= 4 is 23.6 Å². The van der Waals surface area contributed by atoms with E-state index >= 15 is 0 Å². The lowest BCUT2D eigenvalue weighted by Crippen LogP contribution is -2.52. The van der Waals surface area contributed by atoms with Gasteiger partial charge in [-0.25, -0.2) is 9.78 Å². The first-order valence-electron chi connectivity index (χ1n) is 8.42. The zero-order chi connectivity index (χ0) is 19.2. The zero-order valence-corrected chi connectivity index (χ0v) is 16.6. The van der Waals surface area contributed by atoms with Gasteiger partial charge in [0.2, 0.25) is 5.91 Å². The number of carbonyl (C=O) groups excluding carboxylic acids is 2. The Morgan fingerprint density at radius 1 is 1.32 bits per heavy atom. The number of ether oxygens (including phenoxy) is 1. The Bertz CT molecular complexity index is 582. The average Bonchev–Trinajstić information content (AvgIpc) is 2.49. The highest BCUT2D eigenvalue weighted by molar-refractivity contribution is 6.29. The van der Waals surface area contributed by atoms with Crippen molar-refractivity contribution < 1.29 is 14.3 Å². The Morgan fingerprint density at radius 3 is 2.40 bits per heavy atom. The minimum Gasteiger partial charge on any atom is -0.444 e. The summed E-state index contributed by atoms with van der Waals surface area (Å²) in [6.45, 7) is 11.9. The lowest BCUT2D eigenvalue weighted by molar-refractivity contribution is -0.135. The molecule has 7 heteroatoms. The van der Waals surface area contributed by atoms with Gasteiger partial charge in [-0.3, -0.25) is 4.79 Å². The molecule has 1 atom stereocenters. The molecule has 0 radical (unpaired) electrons. The Hall–Kier alpha value is -1.82. The summed E-state index contributed by atoms with van der Waals surface area (Å²) in [6, 6.07) is 2.86. The van der Waals surface area contributed by atoms with Gasteiger partial charge < -0.3 is 15.0 Å². The van der Waals surface area contributed by atoms with E-state index in [4.69, 9.17) is 16.3 Å². The summed E-state index contributed by atoms with van der Waals surface area (Å²) in [5.74, 6) is -0.226. The summed E-state index contributed by atoms with van der Waals surface area (Å²) in [4.78, 5) is 30.7. The second-order valence-corrected chi connectivity index (χ2v) is 7.60. The fourth-order valence-corrected chi connectivity index (χ4v) is 2.32. The van der Waals surface area contributed by atoms with Crippen LogP contribution < -0.4 is 5.32 Å². The SMILES string of the molecule is CCN(Cc1ccc(Cl)nc1)C(=O)C(NC(=O)OC(C)(C)C)C(C)C. The number of hydrogen-bond acceptors (Lipinski definition) is 4. The first-order valence-corrected chi connectivity index (χ1v) is 8.80. The van der Waals surface area contributed by atoms with Crippen LogP contribution in [0.15, 0.2) is 18.3 Å². The van der Waals surface area contributed by atoms with Crippen molar-refractivity contribution in [3.63, 3.8) is 0 Å². The van der Waals surface area contributed by atoms with Gasteiger partial charge in [-0.2, -0.15) is 0 Å². The van der Waals surface area contributed by atoms with Crippen LogP contribution in [0.1, 0.15) is 47.1 Å². The molecule has 0 aliphatic heterocycles. The highest BCUT2D eigenvalue weighted by Crippen LogP contribution is 2.13. The molecule has 1 aromatic heterocycles. The van der Waals surface area contributed by atoms with E-state index in [0.29, 0.717) is 18.2 Å². The Balaban J connectivity index is 2.84. The van der Waals surface area contributed by atoms with Gasteiger partial charge in [-0.05, 0) is 45.2 Å². The molecule has 0 aromatic carbocycles. The lowest BCUT2D eigenvalue weighted by Gasteiger charge is -2.30. The molecule has 0 aliphatic carbocycles. The quantitative estimate of drug-likeness (QED) is 0.777. The molecule has 1 rings (SSSR count). The third-order valence-corrected chi connectivity index (χ3v) is 3.68. The van der Waals surface area contributed by atoms with Gasteiger partial charge in [0.1, 0.15) is 16.8 Å². The molecule has 2 amide bonds. The normalized spacial score (nSPS) is 12.6. The Kier molecular flexibility index (Phi) is 7.67. The van der Waals surface area contributed by atoms with E-state index in [-0.39, 0.29) is 11.8 Å². The van der Waals surface area contributed by atoms with Crippen LogP contribution in [0, 0.1) is 5.92 Å². The molecule has 1 heterocycles. The monoisotopic (exact) mass is 369 g/mol.